The van der Waals surface area contributed by atoms with Crippen molar-refractivity contribution in [3.63, 3.8) is 0 Å². The lowest BCUT2D eigenvalue weighted by atomic mass is 9.96. The van der Waals surface area contributed by atoms with Crippen LogP contribution in [0.25, 0.3) is 81.1 Å². The molecule has 7 aromatic carbocycles. The minimum atomic E-state index is -0.0426. The predicted octanol–water partition coefficient (Wildman–Crippen LogP) is 12.1. The van der Waals surface area contributed by atoms with E-state index in [4.69, 9.17) is 4.99 Å². The van der Waals surface area contributed by atoms with Crippen LogP contribution in [0.15, 0.2) is 163 Å². The SMILES string of the molecule is c1ccc(-c2ccc3c4cc5c(c6ccccc6n5C5=Nc6sc7ccccc7c6C(c6ccccc6)N5)c5c6ccccc6n(c3c2)c45)cc1. The molecule has 0 fully saturated rings. The summed E-state index contributed by atoms with van der Waals surface area (Å²) >= 11 is 1.78. The predicted molar refractivity (Wildman–Crippen MR) is 215 cm³/mol. The van der Waals surface area contributed by atoms with Gasteiger partial charge in [-0.3, -0.25) is 4.57 Å². The highest BCUT2D eigenvalue weighted by Crippen LogP contribution is 2.49. The van der Waals surface area contributed by atoms with E-state index in [1.54, 1.807) is 11.3 Å². The minimum Gasteiger partial charge on any atom is -0.344 e. The average molecular weight is 669 g/mol. The maximum absolute atomic E-state index is 5.47. The molecule has 11 aromatic rings. The first-order valence-corrected chi connectivity index (χ1v) is 18.2. The van der Waals surface area contributed by atoms with Crippen LogP contribution >= 0.6 is 11.3 Å². The van der Waals surface area contributed by atoms with E-state index in [9.17, 15) is 0 Å². The number of fused-ring (bicyclic) bond motifs is 13. The number of para-hydroxylation sites is 2. The van der Waals surface area contributed by atoms with E-state index in [1.165, 1.54) is 81.2 Å². The number of hydrogen-bond donors (Lipinski definition) is 1. The van der Waals surface area contributed by atoms with Gasteiger partial charge in [-0.25, -0.2) is 4.99 Å². The molecule has 0 saturated heterocycles. The van der Waals surface area contributed by atoms with Crippen molar-refractivity contribution in [1.29, 1.82) is 0 Å². The molecule has 1 unspecified atom stereocenters. The van der Waals surface area contributed by atoms with Crippen molar-refractivity contribution in [3.8, 4) is 11.1 Å². The Morgan fingerprint density at radius 3 is 2.02 bits per heavy atom. The maximum atomic E-state index is 5.47. The molecule has 0 amide bonds. The smallest absolute Gasteiger partial charge is 0.210 e. The van der Waals surface area contributed by atoms with Crippen molar-refractivity contribution in [1.82, 2.24) is 14.3 Å². The molecule has 1 atom stereocenters. The van der Waals surface area contributed by atoms with E-state index < -0.39 is 0 Å². The van der Waals surface area contributed by atoms with E-state index in [0.29, 0.717) is 0 Å². The minimum absolute atomic E-state index is 0.0426. The average Bonchev–Trinajstić information content (AvgIpc) is 3.93. The standard InChI is InChI=1S/C46H28N4S/c1-3-13-27(14-4-1)29-23-24-30-34-26-38-40(41-32-18-8-10-20-35(32)49(44(34)41)37(30)25-29)31-17-7-11-21-36(31)50(38)46-47-43(28-15-5-2-6-16-28)42-33-19-9-12-22-39(33)51-45(42)48-46/h1-26,43H,(H,47,48). The second-order valence-electron chi connectivity index (χ2n) is 13.6. The fourth-order valence-electron chi connectivity index (χ4n) is 8.80. The highest BCUT2D eigenvalue weighted by Gasteiger charge is 2.31. The van der Waals surface area contributed by atoms with Gasteiger partial charge in [0.05, 0.1) is 33.6 Å². The van der Waals surface area contributed by atoms with Gasteiger partial charge in [0.25, 0.3) is 0 Å². The third-order valence-electron chi connectivity index (χ3n) is 10.9. The first-order valence-electron chi connectivity index (χ1n) is 17.4. The normalized spacial score (nSPS) is 14.7. The van der Waals surface area contributed by atoms with Crippen molar-refractivity contribution in [2.45, 2.75) is 6.04 Å². The largest absolute Gasteiger partial charge is 0.344 e. The van der Waals surface area contributed by atoms with Crippen LogP contribution in [0.1, 0.15) is 17.2 Å². The Morgan fingerprint density at radius 2 is 1.20 bits per heavy atom. The molecule has 0 spiro atoms. The van der Waals surface area contributed by atoms with Crippen molar-refractivity contribution in [2.75, 3.05) is 0 Å². The summed E-state index contributed by atoms with van der Waals surface area (Å²) in [5.41, 5.74) is 11.0. The third-order valence-corrected chi connectivity index (χ3v) is 12.0. The summed E-state index contributed by atoms with van der Waals surface area (Å²) in [5.74, 6) is 0.849. The molecule has 4 nitrogen and oxygen atoms in total. The molecular weight excluding hydrogens is 641 g/mol. The van der Waals surface area contributed by atoms with E-state index in [-0.39, 0.29) is 6.04 Å². The highest BCUT2D eigenvalue weighted by molar-refractivity contribution is 7.22. The fraction of sp³-hybridized carbons (Fsp3) is 0.0217. The Balaban J connectivity index is 1.22. The van der Waals surface area contributed by atoms with E-state index in [2.05, 4.69) is 172 Å². The van der Waals surface area contributed by atoms with Crippen LogP contribution in [0, 0.1) is 0 Å². The van der Waals surface area contributed by atoms with Gasteiger partial charge >= 0.3 is 0 Å². The summed E-state index contributed by atoms with van der Waals surface area (Å²) in [7, 11) is 0. The van der Waals surface area contributed by atoms with Gasteiger partial charge in [-0.2, -0.15) is 0 Å². The molecule has 0 saturated carbocycles. The highest BCUT2D eigenvalue weighted by atomic mass is 32.1. The second kappa shape index (κ2) is 10.1. The van der Waals surface area contributed by atoms with Crippen LogP contribution in [0.4, 0.5) is 5.00 Å². The van der Waals surface area contributed by atoms with Gasteiger partial charge < -0.3 is 9.72 Å². The zero-order valence-corrected chi connectivity index (χ0v) is 28.2. The number of benzene rings is 7. The maximum Gasteiger partial charge on any atom is 0.210 e. The van der Waals surface area contributed by atoms with E-state index in [1.807, 2.05) is 0 Å². The Morgan fingerprint density at radius 1 is 0.510 bits per heavy atom. The number of hydrogen-bond acceptors (Lipinski definition) is 3. The molecule has 1 aliphatic rings. The number of nitrogens with one attached hydrogen (secondary N) is 1. The molecule has 5 heteroatoms. The molecule has 1 aliphatic heterocycles. The Labute approximate surface area is 296 Å². The van der Waals surface area contributed by atoms with E-state index in [0.717, 1.165) is 22.0 Å². The second-order valence-corrected chi connectivity index (χ2v) is 14.6. The number of aromatic nitrogens is 2. The quantitative estimate of drug-likeness (QED) is 0.195. The number of nitrogens with zero attached hydrogens (tertiary/aromatic N) is 3. The Bertz CT molecular complexity index is 3220. The van der Waals surface area contributed by atoms with Crippen LogP contribution in [0.3, 0.4) is 0 Å². The topological polar surface area (TPSA) is 33.7 Å². The first-order chi connectivity index (χ1) is 25.3. The lowest BCUT2D eigenvalue weighted by Crippen LogP contribution is -2.36. The van der Waals surface area contributed by atoms with Gasteiger partial charge in [0.2, 0.25) is 5.96 Å². The van der Waals surface area contributed by atoms with Crippen molar-refractivity contribution >= 4 is 92.3 Å². The summed E-state index contributed by atoms with van der Waals surface area (Å²) in [4.78, 5) is 5.47. The summed E-state index contributed by atoms with van der Waals surface area (Å²) in [6.45, 7) is 0. The van der Waals surface area contributed by atoms with Crippen molar-refractivity contribution < 1.29 is 0 Å². The van der Waals surface area contributed by atoms with Gasteiger partial charge in [-0.15, -0.1) is 11.3 Å². The third kappa shape index (κ3) is 3.65. The molecule has 5 heterocycles. The zero-order valence-electron chi connectivity index (χ0n) is 27.3. The first kappa shape index (κ1) is 27.4. The molecule has 0 bridgehead atoms. The number of thiophene rings is 1. The van der Waals surface area contributed by atoms with Gasteiger partial charge in [-0.1, -0.05) is 127 Å². The summed E-state index contributed by atoms with van der Waals surface area (Å²) in [5, 5.41) is 13.9. The van der Waals surface area contributed by atoms with Crippen LogP contribution in [-0.4, -0.2) is 14.9 Å². The van der Waals surface area contributed by atoms with Crippen molar-refractivity contribution in [3.05, 3.63) is 169 Å². The Kier molecular flexibility index (Phi) is 5.41. The lowest BCUT2D eigenvalue weighted by molar-refractivity contribution is 0.741. The summed E-state index contributed by atoms with van der Waals surface area (Å²) < 4.78 is 6.14. The fourth-order valence-corrected chi connectivity index (χ4v) is 9.92. The molecule has 0 radical (unpaired) electrons. The van der Waals surface area contributed by atoms with Gasteiger partial charge in [-0.05, 0) is 47.0 Å². The van der Waals surface area contributed by atoms with Crippen LogP contribution < -0.4 is 5.32 Å². The van der Waals surface area contributed by atoms with Crippen molar-refractivity contribution in [2.24, 2.45) is 4.99 Å². The summed E-state index contributed by atoms with van der Waals surface area (Å²) in [6.07, 6.45) is 0. The molecule has 1 N–H and O–H groups in total. The van der Waals surface area contributed by atoms with Crippen LogP contribution in [-0.2, 0) is 0 Å². The molecule has 238 valence electrons. The summed E-state index contributed by atoms with van der Waals surface area (Å²) in [6, 6.07) is 57.3. The molecular formula is C46H28N4S. The molecule has 51 heavy (non-hydrogen) atoms. The molecule has 12 rings (SSSR count). The molecule has 0 aliphatic carbocycles. The number of rotatable bonds is 2. The monoisotopic (exact) mass is 668 g/mol. The van der Waals surface area contributed by atoms with E-state index >= 15 is 0 Å². The van der Waals surface area contributed by atoms with Gasteiger partial charge in [0, 0.05) is 48.0 Å². The Hall–Kier alpha value is -6.43. The van der Waals surface area contributed by atoms with Crippen LogP contribution in [0.2, 0.25) is 0 Å². The number of aliphatic imine (C=N–C) groups is 1. The zero-order chi connectivity index (χ0) is 33.2. The van der Waals surface area contributed by atoms with Gasteiger partial charge in [0.15, 0.2) is 0 Å². The van der Waals surface area contributed by atoms with Gasteiger partial charge in [0.1, 0.15) is 5.00 Å². The lowest BCUT2D eigenvalue weighted by Gasteiger charge is -2.27. The van der Waals surface area contributed by atoms with Crippen LogP contribution in [0.5, 0.6) is 0 Å². The molecule has 4 aromatic heterocycles.